The standard InChI is InChI=1S/C13H15N3O/c1-9-7-10(2)16(15-9)12-6-4-3-5-11(12)13(17)8-14/h3-7H,8,14H2,1-2H3. The highest BCUT2D eigenvalue weighted by molar-refractivity contribution is 6.00. The molecule has 17 heavy (non-hydrogen) atoms. The third kappa shape index (κ3) is 2.12. The Morgan fingerprint density at radius 3 is 2.65 bits per heavy atom. The van der Waals surface area contributed by atoms with Crippen LogP contribution in [-0.4, -0.2) is 22.1 Å². The van der Waals surface area contributed by atoms with Gasteiger partial charge >= 0.3 is 0 Å². The van der Waals surface area contributed by atoms with Gasteiger partial charge in [0.05, 0.1) is 17.9 Å². The monoisotopic (exact) mass is 229 g/mol. The van der Waals surface area contributed by atoms with Crippen LogP contribution in [0.5, 0.6) is 0 Å². The quantitative estimate of drug-likeness (QED) is 0.814. The van der Waals surface area contributed by atoms with Gasteiger partial charge in [0.25, 0.3) is 0 Å². The molecular weight excluding hydrogens is 214 g/mol. The Morgan fingerprint density at radius 2 is 2.06 bits per heavy atom. The summed E-state index contributed by atoms with van der Waals surface area (Å²) in [5.41, 5.74) is 8.74. The number of nitrogens with two attached hydrogens (primary N) is 1. The van der Waals surface area contributed by atoms with E-state index < -0.39 is 0 Å². The molecule has 0 radical (unpaired) electrons. The van der Waals surface area contributed by atoms with Crippen LogP contribution in [0.4, 0.5) is 0 Å². The van der Waals surface area contributed by atoms with Crippen molar-refractivity contribution >= 4 is 5.78 Å². The Labute approximate surface area is 100 Å². The van der Waals surface area contributed by atoms with Gasteiger partial charge in [0.1, 0.15) is 0 Å². The average molecular weight is 229 g/mol. The molecule has 4 nitrogen and oxygen atoms in total. The van der Waals surface area contributed by atoms with Gasteiger partial charge in [-0.3, -0.25) is 4.79 Å². The summed E-state index contributed by atoms with van der Waals surface area (Å²) in [6, 6.07) is 9.35. The lowest BCUT2D eigenvalue weighted by Crippen LogP contribution is -2.16. The van der Waals surface area contributed by atoms with E-state index in [1.165, 1.54) is 0 Å². The lowest BCUT2D eigenvalue weighted by molar-refractivity contribution is 0.100. The maximum absolute atomic E-state index is 11.8. The van der Waals surface area contributed by atoms with Crippen LogP contribution in [0.2, 0.25) is 0 Å². The van der Waals surface area contributed by atoms with E-state index >= 15 is 0 Å². The first-order chi connectivity index (χ1) is 8.13. The predicted molar refractivity (Wildman–Crippen MR) is 66.4 cm³/mol. The maximum atomic E-state index is 11.8. The zero-order valence-electron chi connectivity index (χ0n) is 9.97. The van der Waals surface area contributed by atoms with E-state index in [4.69, 9.17) is 5.73 Å². The fourth-order valence-electron chi connectivity index (χ4n) is 1.88. The number of hydrogen-bond donors (Lipinski definition) is 1. The highest BCUT2D eigenvalue weighted by Gasteiger charge is 2.12. The molecule has 1 heterocycles. The molecule has 1 aromatic carbocycles. The number of carbonyl (C=O) groups excluding carboxylic acids is 1. The van der Waals surface area contributed by atoms with Crippen molar-refractivity contribution in [2.24, 2.45) is 5.73 Å². The van der Waals surface area contributed by atoms with Crippen LogP contribution in [-0.2, 0) is 0 Å². The number of aryl methyl sites for hydroxylation is 2. The summed E-state index contributed by atoms with van der Waals surface area (Å²) in [6.07, 6.45) is 0. The van der Waals surface area contributed by atoms with Gasteiger partial charge in [0.2, 0.25) is 0 Å². The molecule has 0 bridgehead atoms. The van der Waals surface area contributed by atoms with E-state index in [-0.39, 0.29) is 12.3 Å². The van der Waals surface area contributed by atoms with Gasteiger partial charge in [0, 0.05) is 11.3 Å². The lowest BCUT2D eigenvalue weighted by Gasteiger charge is -2.09. The molecule has 0 aliphatic carbocycles. The lowest BCUT2D eigenvalue weighted by atomic mass is 10.1. The molecule has 0 saturated heterocycles. The van der Waals surface area contributed by atoms with Crippen molar-refractivity contribution in [1.82, 2.24) is 9.78 Å². The van der Waals surface area contributed by atoms with Crippen LogP contribution in [0, 0.1) is 13.8 Å². The zero-order valence-corrected chi connectivity index (χ0v) is 9.97. The van der Waals surface area contributed by atoms with E-state index in [1.807, 2.05) is 38.1 Å². The number of aromatic nitrogens is 2. The Bertz CT molecular complexity index is 558. The van der Waals surface area contributed by atoms with Crippen molar-refractivity contribution in [3.63, 3.8) is 0 Å². The van der Waals surface area contributed by atoms with Gasteiger partial charge in [-0.25, -0.2) is 4.68 Å². The zero-order chi connectivity index (χ0) is 12.4. The van der Waals surface area contributed by atoms with E-state index in [0.29, 0.717) is 5.56 Å². The van der Waals surface area contributed by atoms with Crippen molar-refractivity contribution < 1.29 is 4.79 Å². The van der Waals surface area contributed by atoms with Crippen LogP contribution in [0.1, 0.15) is 21.7 Å². The minimum atomic E-state index is -0.0758. The van der Waals surface area contributed by atoms with Gasteiger partial charge in [-0.1, -0.05) is 12.1 Å². The molecule has 0 unspecified atom stereocenters. The van der Waals surface area contributed by atoms with Gasteiger partial charge in [0.15, 0.2) is 5.78 Å². The number of benzene rings is 1. The van der Waals surface area contributed by atoms with Crippen molar-refractivity contribution in [2.75, 3.05) is 6.54 Å². The number of carbonyl (C=O) groups is 1. The summed E-state index contributed by atoms with van der Waals surface area (Å²) in [4.78, 5) is 11.8. The van der Waals surface area contributed by atoms with Crippen LogP contribution >= 0.6 is 0 Å². The molecular formula is C13H15N3O. The highest BCUT2D eigenvalue weighted by Crippen LogP contribution is 2.17. The molecule has 2 rings (SSSR count). The Hall–Kier alpha value is -1.94. The van der Waals surface area contributed by atoms with Crippen LogP contribution in [0.25, 0.3) is 5.69 Å². The van der Waals surface area contributed by atoms with Crippen LogP contribution < -0.4 is 5.73 Å². The molecule has 2 aromatic rings. The van der Waals surface area contributed by atoms with Crippen LogP contribution in [0.15, 0.2) is 30.3 Å². The van der Waals surface area contributed by atoms with E-state index in [9.17, 15) is 4.79 Å². The molecule has 2 N–H and O–H groups in total. The Kier molecular flexibility index (Phi) is 3.06. The smallest absolute Gasteiger partial charge is 0.178 e. The van der Waals surface area contributed by atoms with Gasteiger partial charge in [-0.2, -0.15) is 5.10 Å². The minimum absolute atomic E-state index is 0.0102. The summed E-state index contributed by atoms with van der Waals surface area (Å²) >= 11 is 0. The molecule has 0 saturated carbocycles. The van der Waals surface area contributed by atoms with Crippen molar-refractivity contribution in [3.05, 3.63) is 47.3 Å². The summed E-state index contributed by atoms with van der Waals surface area (Å²) < 4.78 is 1.78. The third-order valence-corrected chi connectivity index (χ3v) is 2.63. The van der Waals surface area contributed by atoms with Gasteiger partial charge in [-0.15, -0.1) is 0 Å². The minimum Gasteiger partial charge on any atom is -0.324 e. The number of hydrogen-bond acceptors (Lipinski definition) is 3. The summed E-state index contributed by atoms with van der Waals surface area (Å²) in [5, 5.41) is 4.38. The van der Waals surface area contributed by atoms with Crippen molar-refractivity contribution in [2.45, 2.75) is 13.8 Å². The molecule has 0 amide bonds. The van der Waals surface area contributed by atoms with E-state index in [2.05, 4.69) is 5.10 Å². The summed E-state index contributed by atoms with van der Waals surface area (Å²) in [7, 11) is 0. The molecule has 88 valence electrons. The van der Waals surface area contributed by atoms with E-state index in [0.717, 1.165) is 17.1 Å². The molecule has 4 heteroatoms. The average Bonchev–Trinajstić information content (AvgIpc) is 2.67. The number of Topliss-reactive ketones (excluding diaryl/α,β-unsaturated/α-hetero) is 1. The molecule has 0 spiro atoms. The summed E-state index contributed by atoms with van der Waals surface area (Å²) in [6.45, 7) is 3.90. The third-order valence-electron chi connectivity index (χ3n) is 2.63. The molecule has 0 aliphatic rings. The molecule has 0 fully saturated rings. The summed E-state index contributed by atoms with van der Waals surface area (Å²) in [5.74, 6) is -0.0758. The second-order valence-electron chi connectivity index (χ2n) is 3.98. The van der Waals surface area contributed by atoms with Crippen LogP contribution in [0.3, 0.4) is 0 Å². The maximum Gasteiger partial charge on any atom is 0.178 e. The second-order valence-corrected chi connectivity index (χ2v) is 3.98. The normalized spacial score (nSPS) is 10.5. The highest BCUT2D eigenvalue weighted by atomic mass is 16.1. The van der Waals surface area contributed by atoms with Gasteiger partial charge in [-0.05, 0) is 32.0 Å². The first-order valence-electron chi connectivity index (χ1n) is 5.49. The second kappa shape index (κ2) is 4.51. The first kappa shape index (κ1) is 11.5. The van der Waals surface area contributed by atoms with Crippen molar-refractivity contribution in [3.8, 4) is 5.69 Å². The fourth-order valence-corrected chi connectivity index (χ4v) is 1.88. The SMILES string of the molecule is Cc1cc(C)n(-c2ccccc2C(=O)CN)n1. The Balaban J connectivity index is 2.59. The Morgan fingerprint density at radius 1 is 1.35 bits per heavy atom. The number of nitrogens with zero attached hydrogens (tertiary/aromatic N) is 2. The molecule has 0 aliphatic heterocycles. The molecule has 1 aromatic heterocycles. The predicted octanol–water partition coefficient (Wildman–Crippen LogP) is 1.63. The fraction of sp³-hybridized carbons (Fsp3) is 0.231. The number of para-hydroxylation sites is 1. The van der Waals surface area contributed by atoms with E-state index in [1.54, 1.807) is 10.7 Å². The largest absolute Gasteiger partial charge is 0.324 e. The topological polar surface area (TPSA) is 60.9 Å². The number of ketones is 1. The molecule has 0 atom stereocenters. The first-order valence-corrected chi connectivity index (χ1v) is 5.49. The van der Waals surface area contributed by atoms with Crippen molar-refractivity contribution in [1.29, 1.82) is 0 Å². The van der Waals surface area contributed by atoms with Gasteiger partial charge < -0.3 is 5.73 Å². The number of rotatable bonds is 3.